The fourth-order valence-corrected chi connectivity index (χ4v) is 11.4. The van der Waals surface area contributed by atoms with Crippen molar-refractivity contribution >= 4 is 97.7 Å². The minimum atomic E-state index is -0.146. The van der Waals surface area contributed by atoms with Gasteiger partial charge in [-0.1, -0.05) is 24.3 Å². The third kappa shape index (κ3) is 6.00. The number of hydrogen-bond donors (Lipinski definition) is 2. The average Bonchev–Trinajstić information content (AvgIpc) is 3.92. The molecule has 1 aliphatic rings. The van der Waals surface area contributed by atoms with E-state index >= 15 is 0 Å². The van der Waals surface area contributed by atoms with Gasteiger partial charge in [0.15, 0.2) is 12.4 Å². The first-order valence-corrected chi connectivity index (χ1v) is 20.3. The maximum absolute atomic E-state index is 13.8. The number of nitrogens with zero attached hydrogens (tertiary/aromatic N) is 4. The largest absolute Gasteiger partial charge is 0.317 e. The van der Waals surface area contributed by atoms with E-state index in [0.29, 0.717) is 11.6 Å². The molecule has 12 heteroatoms. The van der Waals surface area contributed by atoms with Crippen LogP contribution < -0.4 is 15.2 Å². The van der Waals surface area contributed by atoms with Crippen LogP contribution in [0.3, 0.4) is 0 Å². The molecule has 8 nitrogen and oxygen atoms in total. The number of hydrogen-bond acceptors (Lipinski definition) is 9. The molecule has 2 amide bonds. The van der Waals surface area contributed by atoms with E-state index in [-0.39, 0.29) is 11.8 Å². The van der Waals surface area contributed by atoms with Crippen LogP contribution in [0.1, 0.15) is 41.6 Å². The number of thiazole rings is 2. The number of fused-ring (bicyclic) bond motifs is 4. The maximum Gasteiger partial charge on any atom is 0.256 e. The van der Waals surface area contributed by atoms with Crippen LogP contribution in [-0.2, 0) is 17.8 Å². The van der Waals surface area contributed by atoms with E-state index in [4.69, 9.17) is 9.97 Å². The Morgan fingerprint density at radius 3 is 2.08 bits per heavy atom. The Morgan fingerprint density at radius 1 is 0.769 bits per heavy atom. The van der Waals surface area contributed by atoms with E-state index in [1.807, 2.05) is 71.4 Å². The van der Waals surface area contributed by atoms with Crippen molar-refractivity contribution < 1.29 is 14.2 Å². The highest BCUT2D eigenvalue weighted by Gasteiger charge is 2.29. The Hall–Kier alpha value is -4.85. The van der Waals surface area contributed by atoms with Gasteiger partial charge in [-0.2, -0.15) is 4.57 Å². The number of carbonyl (C=O) groups excluding carboxylic acids is 2. The summed E-state index contributed by atoms with van der Waals surface area (Å²) in [6.45, 7) is 7.86. The molecule has 0 fully saturated rings. The van der Waals surface area contributed by atoms with Crippen LogP contribution >= 0.6 is 45.3 Å². The van der Waals surface area contributed by atoms with Crippen molar-refractivity contribution in [1.29, 1.82) is 0 Å². The van der Waals surface area contributed by atoms with Gasteiger partial charge in [0, 0.05) is 65.6 Å². The van der Waals surface area contributed by atoms with Gasteiger partial charge >= 0.3 is 0 Å². The van der Waals surface area contributed by atoms with Crippen LogP contribution in [0, 0.1) is 0 Å². The summed E-state index contributed by atoms with van der Waals surface area (Å²) in [5, 5.41) is 10.8. The molecule has 6 heterocycles. The summed E-state index contributed by atoms with van der Waals surface area (Å²) in [6, 6.07) is 26.5. The highest BCUT2D eigenvalue weighted by molar-refractivity contribution is 7.25. The molecule has 0 saturated carbocycles. The second-order valence-electron chi connectivity index (χ2n) is 13.1. The van der Waals surface area contributed by atoms with Crippen molar-refractivity contribution in [3.05, 3.63) is 107 Å². The number of rotatable bonds is 7. The van der Waals surface area contributed by atoms with Gasteiger partial charge in [0.25, 0.3) is 5.91 Å². The van der Waals surface area contributed by atoms with E-state index in [1.165, 1.54) is 28.7 Å². The molecule has 258 valence electrons. The molecule has 3 aromatic carbocycles. The minimum Gasteiger partial charge on any atom is -0.317 e. The van der Waals surface area contributed by atoms with E-state index < -0.39 is 0 Å². The zero-order valence-corrected chi connectivity index (χ0v) is 31.9. The van der Waals surface area contributed by atoms with Crippen molar-refractivity contribution in [1.82, 2.24) is 14.9 Å². The summed E-state index contributed by atoms with van der Waals surface area (Å²) >= 11 is 6.51. The molecule has 0 spiro atoms. The van der Waals surface area contributed by atoms with Gasteiger partial charge in [0.2, 0.25) is 11.6 Å². The molecule has 9 rings (SSSR count). The standard InChI is InChI=1S/C40H32N6O2S4/c1-22(2)45-18-16-26-32(20-45)52-40(35(26)39-43-29-9-5-7-11-31(29)50-39)44-36(48)24-12-14-25(15-13-24)46-19-17-27-33(21-46)51-37(41-23(3)47)34(27)38-42-28-8-4-6-10-30(28)49-38/h4-15,17,19,21-22H,16,18,20H2,1-3H3,(H,43,44,48)/p+1. The number of carbonyl (C=O) groups is 2. The van der Waals surface area contributed by atoms with E-state index in [2.05, 4.69) is 53.8 Å². The molecule has 0 unspecified atom stereocenters. The zero-order valence-electron chi connectivity index (χ0n) is 28.6. The van der Waals surface area contributed by atoms with E-state index in [0.717, 1.165) is 86.9 Å². The molecule has 0 radical (unpaired) electrons. The molecule has 0 atom stereocenters. The summed E-state index contributed by atoms with van der Waals surface area (Å²) in [5.41, 5.74) is 6.73. The smallest absolute Gasteiger partial charge is 0.256 e. The van der Waals surface area contributed by atoms with Crippen molar-refractivity contribution in [2.75, 3.05) is 17.2 Å². The quantitative estimate of drug-likeness (QED) is 0.158. The first-order valence-electron chi connectivity index (χ1n) is 17.1. The average molecular weight is 758 g/mol. The van der Waals surface area contributed by atoms with Crippen LogP contribution in [0.4, 0.5) is 10.0 Å². The lowest BCUT2D eigenvalue weighted by molar-refractivity contribution is -0.594. The summed E-state index contributed by atoms with van der Waals surface area (Å²) in [7, 11) is 0. The number of benzene rings is 3. The third-order valence-electron chi connectivity index (χ3n) is 9.41. The number of pyridine rings is 1. The molecule has 0 aliphatic carbocycles. The highest BCUT2D eigenvalue weighted by atomic mass is 32.1. The molecule has 2 N–H and O–H groups in total. The Bertz CT molecular complexity index is 2600. The van der Waals surface area contributed by atoms with Crippen molar-refractivity contribution in [2.45, 2.75) is 39.8 Å². The molecule has 0 bridgehead atoms. The molecule has 8 aromatic rings. The third-order valence-corrected chi connectivity index (χ3v) is 13.7. The fourth-order valence-electron chi connectivity index (χ4n) is 6.76. The van der Waals surface area contributed by atoms with E-state index in [9.17, 15) is 9.59 Å². The normalized spacial score (nSPS) is 13.3. The van der Waals surface area contributed by atoms with Gasteiger partial charge in [-0.15, -0.1) is 45.3 Å². The summed E-state index contributed by atoms with van der Waals surface area (Å²) in [5.74, 6) is -0.268. The van der Waals surface area contributed by atoms with Crippen LogP contribution in [0.2, 0.25) is 0 Å². The van der Waals surface area contributed by atoms with Gasteiger partial charge in [0.1, 0.15) is 24.7 Å². The number of amides is 2. The summed E-state index contributed by atoms with van der Waals surface area (Å²) in [4.78, 5) is 39.7. The minimum absolute atomic E-state index is 0.122. The maximum atomic E-state index is 13.8. The van der Waals surface area contributed by atoms with Gasteiger partial charge in [0.05, 0.1) is 26.0 Å². The second kappa shape index (κ2) is 13.3. The molecular formula is C40H33N6O2S4+. The van der Waals surface area contributed by atoms with E-state index in [1.54, 1.807) is 34.0 Å². The molecule has 5 aromatic heterocycles. The first kappa shape index (κ1) is 33.0. The molecular weight excluding hydrogens is 725 g/mol. The highest BCUT2D eigenvalue weighted by Crippen LogP contribution is 2.47. The SMILES string of the molecule is CC(=O)Nc1sc2c[n+](-c3ccc(C(=O)Nc4sc5c(c4-c4nc6ccccc6s4)CCN(C(C)C)C5)cc3)ccc2c1-c1nc2ccccc2s1. The summed E-state index contributed by atoms with van der Waals surface area (Å²) in [6.07, 6.45) is 5.01. The second-order valence-corrected chi connectivity index (χ2v) is 17.3. The van der Waals surface area contributed by atoms with Gasteiger partial charge in [-0.25, -0.2) is 9.97 Å². The van der Waals surface area contributed by atoms with Gasteiger partial charge < -0.3 is 10.6 Å². The van der Waals surface area contributed by atoms with Crippen molar-refractivity contribution in [3.63, 3.8) is 0 Å². The Kier molecular flexibility index (Phi) is 8.44. The summed E-state index contributed by atoms with van der Waals surface area (Å²) < 4.78 is 5.30. The van der Waals surface area contributed by atoms with Crippen LogP contribution in [0.5, 0.6) is 0 Å². The number of aromatic nitrogens is 3. The van der Waals surface area contributed by atoms with Crippen LogP contribution in [-0.4, -0.2) is 39.3 Å². The first-order chi connectivity index (χ1) is 25.3. The molecule has 52 heavy (non-hydrogen) atoms. The Morgan fingerprint density at radius 2 is 1.42 bits per heavy atom. The number of para-hydroxylation sites is 2. The van der Waals surface area contributed by atoms with Crippen molar-refractivity contribution in [2.24, 2.45) is 0 Å². The predicted molar refractivity (Wildman–Crippen MR) is 216 cm³/mol. The predicted octanol–water partition coefficient (Wildman–Crippen LogP) is 9.77. The van der Waals surface area contributed by atoms with Crippen molar-refractivity contribution in [3.8, 4) is 26.8 Å². The lowest BCUT2D eigenvalue weighted by Crippen LogP contribution is -2.35. The Labute approximate surface area is 316 Å². The van der Waals surface area contributed by atoms with Crippen LogP contribution in [0.15, 0.2) is 91.3 Å². The molecule has 0 saturated heterocycles. The van der Waals surface area contributed by atoms with Gasteiger partial charge in [-0.05, 0) is 62.2 Å². The fraction of sp³-hybridized carbons (Fsp3) is 0.175. The monoisotopic (exact) mass is 757 g/mol. The number of thiophene rings is 2. The Balaban J connectivity index is 1.02. The number of nitrogens with one attached hydrogen (secondary N) is 2. The van der Waals surface area contributed by atoms with Crippen LogP contribution in [0.25, 0.3) is 57.3 Å². The van der Waals surface area contributed by atoms with Gasteiger partial charge in [-0.3, -0.25) is 14.5 Å². The lowest BCUT2D eigenvalue weighted by Gasteiger charge is -2.30. The molecule has 1 aliphatic heterocycles. The topological polar surface area (TPSA) is 91.1 Å². The lowest BCUT2D eigenvalue weighted by atomic mass is 10.0. The number of anilines is 2. The zero-order chi connectivity index (χ0) is 35.5.